The fourth-order valence-electron chi connectivity index (χ4n) is 2.11. The molecule has 0 aromatic heterocycles. The third-order valence-electron chi connectivity index (χ3n) is 2.85. The van der Waals surface area contributed by atoms with E-state index in [0.717, 1.165) is 39.0 Å². The van der Waals surface area contributed by atoms with Crippen LogP contribution in [0, 0.1) is 0 Å². The molecule has 0 saturated carbocycles. The minimum atomic E-state index is 0.0168. The van der Waals surface area contributed by atoms with Gasteiger partial charge in [-0.2, -0.15) is 0 Å². The molecule has 1 spiro atoms. The molecular weight excluding hydrogens is 152 g/mol. The van der Waals surface area contributed by atoms with Crippen LogP contribution < -0.4 is 10.6 Å². The van der Waals surface area contributed by atoms with Gasteiger partial charge in [-0.3, -0.25) is 5.32 Å². The van der Waals surface area contributed by atoms with E-state index in [9.17, 15) is 0 Å². The van der Waals surface area contributed by atoms with Crippen LogP contribution in [0.3, 0.4) is 0 Å². The van der Waals surface area contributed by atoms with Crippen LogP contribution in [0.2, 0.25) is 0 Å². The summed E-state index contributed by atoms with van der Waals surface area (Å²) >= 11 is 0. The number of hydrogen-bond donors (Lipinski definition) is 2. The van der Waals surface area contributed by atoms with E-state index in [2.05, 4.69) is 17.6 Å². The van der Waals surface area contributed by atoms with E-state index in [1.807, 2.05) is 0 Å². The molecule has 0 aromatic rings. The maximum Gasteiger partial charge on any atom is 0.121 e. The Labute approximate surface area is 73.9 Å². The van der Waals surface area contributed by atoms with Crippen LogP contribution in [0.25, 0.3) is 0 Å². The van der Waals surface area contributed by atoms with Gasteiger partial charge in [0.2, 0.25) is 0 Å². The molecule has 12 heavy (non-hydrogen) atoms. The average Bonchev–Trinajstić information content (AvgIpc) is 2.05. The Morgan fingerprint density at radius 2 is 2.08 bits per heavy atom. The lowest BCUT2D eigenvalue weighted by Crippen LogP contribution is -2.59. The fourth-order valence-corrected chi connectivity index (χ4v) is 2.11. The molecule has 2 aliphatic heterocycles. The SMILES string of the molecule is CC1CCOC2(CCNCC2)N1. The van der Waals surface area contributed by atoms with Crippen molar-refractivity contribution in [2.24, 2.45) is 0 Å². The molecular formula is C9H18N2O. The van der Waals surface area contributed by atoms with Gasteiger partial charge in [0.1, 0.15) is 5.72 Å². The van der Waals surface area contributed by atoms with Crippen LogP contribution in [-0.4, -0.2) is 31.5 Å². The second kappa shape index (κ2) is 3.32. The molecule has 3 heteroatoms. The lowest BCUT2D eigenvalue weighted by molar-refractivity contribution is -0.124. The van der Waals surface area contributed by atoms with Gasteiger partial charge in [0.15, 0.2) is 0 Å². The summed E-state index contributed by atoms with van der Waals surface area (Å²) in [4.78, 5) is 0. The van der Waals surface area contributed by atoms with Crippen LogP contribution in [0.1, 0.15) is 26.2 Å². The second-order valence-electron chi connectivity index (χ2n) is 3.93. The third-order valence-corrected chi connectivity index (χ3v) is 2.85. The van der Waals surface area contributed by atoms with Gasteiger partial charge in [0.25, 0.3) is 0 Å². The van der Waals surface area contributed by atoms with Crippen LogP contribution >= 0.6 is 0 Å². The Bertz CT molecular complexity index is 149. The molecule has 2 N–H and O–H groups in total. The highest BCUT2D eigenvalue weighted by Gasteiger charge is 2.36. The van der Waals surface area contributed by atoms with Gasteiger partial charge >= 0.3 is 0 Å². The summed E-state index contributed by atoms with van der Waals surface area (Å²) < 4.78 is 5.83. The van der Waals surface area contributed by atoms with Gasteiger partial charge in [0.05, 0.1) is 6.61 Å². The Hall–Kier alpha value is -0.120. The van der Waals surface area contributed by atoms with Gasteiger partial charge in [-0.05, 0) is 26.4 Å². The molecule has 2 aliphatic rings. The normalized spacial score (nSPS) is 35.2. The van der Waals surface area contributed by atoms with Crippen molar-refractivity contribution in [2.45, 2.75) is 38.0 Å². The van der Waals surface area contributed by atoms with E-state index in [0.29, 0.717) is 6.04 Å². The van der Waals surface area contributed by atoms with Crippen molar-refractivity contribution in [3.63, 3.8) is 0 Å². The summed E-state index contributed by atoms with van der Waals surface area (Å²) in [6.45, 7) is 5.33. The molecule has 2 rings (SSSR count). The first kappa shape index (κ1) is 8.48. The highest BCUT2D eigenvalue weighted by molar-refractivity contribution is 4.88. The summed E-state index contributed by atoms with van der Waals surface area (Å²) in [7, 11) is 0. The van der Waals surface area contributed by atoms with Gasteiger partial charge < -0.3 is 10.1 Å². The number of nitrogens with one attached hydrogen (secondary N) is 2. The van der Waals surface area contributed by atoms with Gasteiger partial charge in [-0.25, -0.2) is 0 Å². The Morgan fingerprint density at radius 1 is 1.33 bits per heavy atom. The van der Waals surface area contributed by atoms with Crippen LogP contribution in [0.15, 0.2) is 0 Å². The summed E-state index contributed by atoms with van der Waals surface area (Å²) in [6.07, 6.45) is 3.36. The van der Waals surface area contributed by atoms with Crippen LogP contribution in [-0.2, 0) is 4.74 Å². The third kappa shape index (κ3) is 1.63. The van der Waals surface area contributed by atoms with Gasteiger partial charge in [-0.15, -0.1) is 0 Å². The topological polar surface area (TPSA) is 33.3 Å². The predicted octanol–water partition coefficient (Wildman–Crippen LogP) is 0.464. The number of hydrogen-bond acceptors (Lipinski definition) is 3. The first-order chi connectivity index (χ1) is 5.81. The first-order valence-electron chi connectivity index (χ1n) is 4.93. The van der Waals surface area contributed by atoms with Crippen molar-refractivity contribution in [3.8, 4) is 0 Å². The molecule has 70 valence electrons. The minimum Gasteiger partial charge on any atom is -0.360 e. The lowest BCUT2D eigenvalue weighted by atomic mass is 9.98. The van der Waals surface area contributed by atoms with Crippen LogP contribution in [0.4, 0.5) is 0 Å². The zero-order chi connectivity index (χ0) is 8.44. The van der Waals surface area contributed by atoms with Gasteiger partial charge in [-0.1, -0.05) is 0 Å². The number of ether oxygens (including phenoxy) is 1. The van der Waals surface area contributed by atoms with Crippen molar-refractivity contribution in [2.75, 3.05) is 19.7 Å². The van der Waals surface area contributed by atoms with Crippen molar-refractivity contribution in [1.82, 2.24) is 10.6 Å². The zero-order valence-electron chi connectivity index (χ0n) is 7.73. The van der Waals surface area contributed by atoms with E-state index < -0.39 is 0 Å². The molecule has 2 heterocycles. The quantitative estimate of drug-likeness (QED) is 0.554. The predicted molar refractivity (Wildman–Crippen MR) is 48.0 cm³/mol. The highest BCUT2D eigenvalue weighted by Crippen LogP contribution is 2.24. The standard InChI is InChI=1S/C9H18N2O/c1-8-2-7-12-9(11-8)3-5-10-6-4-9/h8,10-11H,2-7H2,1H3. The van der Waals surface area contributed by atoms with E-state index in [-0.39, 0.29) is 5.72 Å². The van der Waals surface area contributed by atoms with Crippen molar-refractivity contribution in [3.05, 3.63) is 0 Å². The van der Waals surface area contributed by atoms with Crippen LogP contribution in [0.5, 0.6) is 0 Å². The molecule has 1 unspecified atom stereocenters. The molecule has 0 radical (unpaired) electrons. The summed E-state index contributed by atoms with van der Waals surface area (Å²) in [5.41, 5.74) is 0.0168. The molecule has 3 nitrogen and oxygen atoms in total. The van der Waals surface area contributed by atoms with Crippen molar-refractivity contribution < 1.29 is 4.74 Å². The molecule has 0 aromatic carbocycles. The summed E-state index contributed by atoms with van der Waals surface area (Å²) in [5.74, 6) is 0. The fraction of sp³-hybridized carbons (Fsp3) is 1.00. The lowest BCUT2D eigenvalue weighted by Gasteiger charge is -2.43. The highest BCUT2D eigenvalue weighted by atomic mass is 16.5. The molecule has 2 fully saturated rings. The second-order valence-corrected chi connectivity index (χ2v) is 3.93. The van der Waals surface area contributed by atoms with Crippen molar-refractivity contribution in [1.29, 1.82) is 0 Å². The molecule has 0 bridgehead atoms. The number of piperidine rings is 1. The molecule has 0 amide bonds. The minimum absolute atomic E-state index is 0.0168. The average molecular weight is 170 g/mol. The molecule has 2 saturated heterocycles. The van der Waals surface area contributed by atoms with E-state index >= 15 is 0 Å². The zero-order valence-corrected chi connectivity index (χ0v) is 7.73. The Morgan fingerprint density at radius 3 is 2.75 bits per heavy atom. The maximum absolute atomic E-state index is 5.83. The van der Waals surface area contributed by atoms with E-state index in [4.69, 9.17) is 4.74 Å². The van der Waals surface area contributed by atoms with E-state index in [1.54, 1.807) is 0 Å². The molecule has 0 aliphatic carbocycles. The largest absolute Gasteiger partial charge is 0.360 e. The Kier molecular flexibility index (Phi) is 2.35. The molecule has 1 atom stereocenters. The van der Waals surface area contributed by atoms with E-state index in [1.165, 1.54) is 0 Å². The summed E-state index contributed by atoms with van der Waals surface area (Å²) in [6, 6.07) is 0.622. The van der Waals surface area contributed by atoms with Crippen molar-refractivity contribution >= 4 is 0 Å². The number of rotatable bonds is 0. The monoisotopic (exact) mass is 170 g/mol. The maximum atomic E-state index is 5.83. The smallest absolute Gasteiger partial charge is 0.121 e. The first-order valence-corrected chi connectivity index (χ1v) is 4.93. The Balaban J connectivity index is 1.97. The summed E-state index contributed by atoms with van der Waals surface area (Å²) in [5, 5.41) is 6.92. The van der Waals surface area contributed by atoms with Gasteiger partial charge in [0, 0.05) is 18.9 Å².